The molecule has 1 rings (SSSR count). The van der Waals surface area contributed by atoms with E-state index in [2.05, 4.69) is 0 Å². The highest BCUT2D eigenvalue weighted by Crippen LogP contribution is 2.10. The molecule has 1 fully saturated rings. The molecule has 2 heteroatoms. The lowest BCUT2D eigenvalue weighted by Gasteiger charge is -1.91. The Kier molecular flexibility index (Phi) is 1.11. The van der Waals surface area contributed by atoms with Gasteiger partial charge in [-0.1, -0.05) is 0 Å². The molecule has 0 bridgehead atoms. The topological polar surface area (TPSA) is 43.1 Å². The molecule has 0 aromatic rings. The lowest BCUT2D eigenvalue weighted by molar-refractivity contribution is -0.117. The highest BCUT2D eigenvalue weighted by molar-refractivity contribution is 5.81. The summed E-state index contributed by atoms with van der Waals surface area (Å²) in [6.07, 6.45) is 2.22. The molecule has 1 aliphatic rings. The van der Waals surface area contributed by atoms with Gasteiger partial charge in [0.25, 0.3) is 0 Å². The SMILES string of the molecule is N[C@H]1CCC(=O)C1. The van der Waals surface area contributed by atoms with Crippen LogP contribution < -0.4 is 5.73 Å². The van der Waals surface area contributed by atoms with Gasteiger partial charge in [-0.05, 0) is 6.42 Å². The Hall–Kier alpha value is -0.370. The third-order valence-electron chi connectivity index (χ3n) is 1.28. The third-order valence-corrected chi connectivity index (χ3v) is 1.28. The summed E-state index contributed by atoms with van der Waals surface area (Å²) in [5.41, 5.74) is 5.40. The number of hydrogen-bond acceptors (Lipinski definition) is 2. The molecule has 0 spiro atoms. The summed E-state index contributed by atoms with van der Waals surface area (Å²) in [5.74, 6) is 0.326. The van der Waals surface area contributed by atoms with Crippen molar-refractivity contribution in [3.05, 3.63) is 0 Å². The van der Waals surface area contributed by atoms with E-state index < -0.39 is 0 Å². The van der Waals surface area contributed by atoms with Gasteiger partial charge >= 0.3 is 0 Å². The van der Waals surface area contributed by atoms with E-state index in [-0.39, 0.29) is 6.04 Å². The summed E-state index contributed by atoms with van der Waals surface area (Å²) in [6.45, 7) is 0. The Morgan fingerprint density at radius 1 is 1.71 bits per heavy atom. The lowest BCUT2D eigenvalue weighted by Crippen LogP contribution is -2.14. The molecule has 1 atom stereocenters. The van der Waals surface area contributed by atoms with E-state index in [9.17, 15) is 4.79 Å². The van der Waals surface area contributed by atoms with E-state index in [4.69, 9.17) is 5.73 Å². The van der Waals surface area contributed by atoms with Gasteiger partial charge < -0.3 is 5.73 Å². The third kappa shape index (κ3) is 0.996. The molecule has 7 heavy (non-hydrogen) atoms. The second kappa shape index (κ2) is 1.62. The maximum atomic E-state index is 10.4. The van der Waals surface area contributed by atoms with Crippen LogP contribution in [-0.4, -0.2) is 11.8 Å². The highest BCUT2D eigenvalue weighted by Gasteiger charge is 2.17. The molecule has 0 radical (unpaired) electrons. The molecule has 0 saturated heterocycles. The fourth-order valence-electron chi connectivity index (χ4n) is 0.843. The van der Waals surface area contributed by atoms with E-state index in [0.717, 1.165) is 6.42 Å². The minimum atomic E-state index is 0.174. The van der Waals surface area contributed by atoms with Crippen molar-refractivity contribution in [2.45, 2.75) is 25.3 Å². The number of ketones is 1. The maximum Gasteiger partial charge on any atom is 0.134 e. The molecule has 0 aromatic carbocycles. The molecule has 0 amide bonds. The maximum absolute atomic E-state index is 10.4. The number of rotatable bonds is 0. The van der Waals surface area contributed by atoms with Gasteiger partial charge in [-0.15, -0.1) is 0 Å². The largest absolute Gasteiger partial charge is 0.327 e. The Bertz CT molecular complexity index is 90.1. The average Bonchev–Trinajstić information content (AvgIpc) is 1.87. The van der Waals surface area contributed by atoms with Crippen molar-refractivity contribution in [1.82, 2.24) is 0 Å². The fourth-order valence-corrected chi connectivity index (χ4v) is 0.843. The standard InChI is InChI=1S/C5H9NO/c6-4-1-2-5(7)3-4/h4H,1-3,6H2/t4-/m0/s1. The predicted octanol–water partition coefficient (Wildman–Crippen LogP) is 0.0667. The Morgan fingerprint density at radius 2 is 2.43 bits per heavy atom. The number of nitrogens with two attached hydrogens (primary N) is 1. The van der Waals surface area contributed by atoms with Crippen LogP contribution in [0.4, 0.5) is 0 Å². The first-order valence-electron chi connectivity index (χ1n) is 2.56. The van der Waals surface area contributed by atoms with Crippen LogP contribution in [0.15, 0.2) is 0 Å². The second-order valence-corrected chi connectivity index (χ2v) is 2.04. The molecule has 1 aliphatic carbocycles. The Morgan fingerprint density at radius 3 is 2.57 bits per heavy atom. The minimum absolute atomic E-state index is 0.174. The van der Waals surface area contributed by atoms with Crippen LogP contribution in [0, 0.1) is 0 Å². The predicted molar refractivity (Wildman–Crippen MR) is 26.8 cm³/mol. The smallest absolute Gasteiger partial charge is 0.134 e. The normalized spacial score (nSPS) is 31.6. The fraction of sp³-hybridized carbons (Fsp3) is 0.800. The average molecular weight is 99.1 g/mol. The number of carbonyl (C=O) groups is 1. The van der Waals surface area contributed by atoms with E-state index in [0.29, 0.717) is 18.6 Å². The number of carbonyl (C=O) groups excluding carboxylic acids is 1. The molecule has 40 valence electrons. The summed E-state index contributed by atoms with van der Waals surface area (Å²) < 4.78 is 0. The molecular formula is C5H9NO. The van der Waals surface area contributed by atoms with Crippen molar-refractivity contribution in [2.24, 2.45) is 5.73 Å². The molecule has 2 N–H and O–H groups in total. The Labute approximate surface area is 42.7 Å². The van der Waals surface area contributed by atoms with Crippen molar-refractivity contribution in [3.63, 3.8) is 0 Å². The van der Waals surface area contributed by atoms with Gasteiger partial charge in [-0.2, -0.15) is 0 Å². The van der Waals surface area contributed by atoms with E-state index in [1.807, 2.05) is 0 Å². The van der Waals surface area contributed by atoms with Crippen LogP contribution >= 0.6 is 0 Å². The van der Waals surface area contributed by atoms with Crippen molar-refractivity contribution in [1.29, 1.82) is 0 Å². The summed E-state index contributed by atoms with van der Waals surface area (Å²) in [6, 6.07) is 0.174. The van der Waals surface area contributed by atoms with Gasteiger partial charge in [0.2, 0.25) is 0 Å². The van der Waals surface area contributed by atoms with Crippen molar-refractivity contribution in [2.75, 3.05) is 0 Å². The van der Waals surface area contributed by atoms with Crippen molar-refractivity contribution >= 4 is 5.78 Å². The van der Waals surface area contributed by atoms with Crippen molar-refractivity contribution < 1.29 is 4.79 Å². The first-order valence-corrected chi connectivity index (χ1v) is 2.56. The molecule has 0 heterocycles. The first kappa shape index (κ1) is 4.78. The second-order valence-electron chi connectivity index (χ2n) is 2.04. The van der Waals surface area contributed by atoms with Crippen molar-refractivity contribution in [3.8, 4) is 0 Å². The van der Waals surface area contributed by atoms with Gasteiger partial charge in [0.15, 0.2) is 0 Å². The zero-order valence-electron chi connectivity index (χ0n) is 4.18. The molecule has 2 nitrogen and oxygen atoms in total. The van der Waals surface area contributed by atoms with E-state index in [1.54, 1.807) is 0 Å². The van der Waals surface area contributed by atoms with Gasteiger partial charge in [0.1, 0.15) is 5.78 Å². The molecular weight excluding hydrogens is 90.1 g/mol. The van der Waals surface area contributed by atoms with Crippen LogP contribution in [0.1, 0.15) is 19.3 Å². The molecule has 0 aliphatic heterocycles. The lowest BCUT2D eigenvalue weighted by atomic mass is 10.3. The quantitative estimate of drug-likeness (QED) is 0.467. The zero-order chi connectivity index (χ0) is 5.28. The van der Waals surface area contributed by atoms with Gasteiger partial charge in [0.05, 0.1) is 0 Å². The highest BCUT2D eigenvalue weighted by atomic mass is 16.1. The summed E-state index contributed by atoms with van der Waals surface area (Å²) in [4.78, 5) is 10.4. The first-order chi connectivity index (χ1) is 3.29. The number of Topliss-reactive ketones (excluding diaryl/α,β-unsaturated/α-hetero) is 1. The van der Waals surface area contributed by atoms with Gasteiger partial charge in [0, 0.05) is 18.9 Å². The number of hydrogen-bond donors (Lipinski definition) is 1. The zero-order valence-corrected chi connectivity index (χ0v) is 4.18. The molecule has 1 saturated carbocycles. The van der Waals surface area contributed by atoms with Crippen LogP contribution in [0.25, 0.3) is 0 Å². The Balaban J connectivity index is 2.40. The van der Waals surface area contributed by atoms with Gasteiger partial charge in [-0.25, -0.2) is 0 Å². The summed E-state index contributed by atoms with van der Waals surface area (Å²) in [7, 11) is 0. The van der Waals surface area contributed by atoms with E-state index >= 15 is 0 Å². The molecule has 0 unspecified atom stereocenters. The van der Waals surface area contributed by atoms with Crippen LogP contribution in [0.2, 0.25) is 0 Å². The van der Waals surface area contributed by atoms with Crippen LogP contribution in [0.3, 0.4) is 0 Å². The monoisotopic (exact) mass is 99.1 g/mol. The van der Waals surface area contributed by atoms with Gasteiger partial charge in [-0.3, -0.25) is 4.79 Å². The summed E-state index contributed by atoms with van der Waals surface area (Å²) in [5, 5.41) is 0. The van der Waals surface area contributed by atoms with Crippen LogP contribution in [-0.2, 0) is 4.79 Å². The van der Waals surface area contributed by atoms with E-state index in [1.165, 1.54) is 0 Å². The van der Waals surface area contributed by atoms with Crippen LogP contribution in [0.5, 0.6) is 0 Å². The summed E-state index contributed by atoms with van der Waals surface area (Å²) >= 11 is 0. The molecule has 0 aromatic heterocycles. The minimum Gasteiger partial charge on any atom is -0.327 e.